The first-order chi connectivity index (χ1) is 18.0. The van der Waals surface area contributed by atoms with Crippen molar-refractivity contribution in [1.29, 1.82) is 0 Å². The maximum Gasteiger partial charge on any atom is 0.336 e. The Morgan fingerprint density at radius 3 is 2.27 bits per heavy atom. The molecule has 3 aromatic carbocycles. The lowest BCUT2D eigenvalue weighted by molar-refractivity contribution is -0.129. The second kappa shape index (κ2) is 14.6. The summed E-state index contributed by atoms with van der Waals surface area (Å²) in [7, 11) is 0. The Kier molecular flexibility index (Phi) is 10.6. The maximum atomic E-state index is 12.2. The number of amides is 2. The third kappa shape index (κ3) is 9.81. The lowest BCUT2D eigenvalue weighted by Gasteiger charge is -2.07. The van der Waals surface area contributed by atoms with Gasteiger partial charge in [-0.15, -0.1) is 0 Å². The summed E-state index contributed by atoms with van der Waals surface area (Å²) in [6, 6.07) is 22.8. The zero-order valence-electron chi connectivity index (χ0n) is 20.6. The second-order valence-corrected chi connectivity index (χ2v) is 7.94. The number of hydrazone groups is 1. The first-order valence-electron chi connectivity index (χ1n) is 11.9. The number of benzene rings is 3. The van der Waals surface area contributed by atoms with Gasteiger partial charge in [0.15, 0.2) is 0 Å². The van der Waals surface area contributed by atoms with Crippen LogP contribution in [0.5, 0.6) is 11.5 Å². The molecule has 190 valence electrons. The SMILES string of the molecule is CCCCOc1ccc(C(=O)NCC(=O)N/N=C\c2ccc(OC(=O)/C=C/c3ccccc3)cc2)cc1. The quantitative estimate of drug-likeness (QED) is 0.0962. The van der Waals surface area contributed by atoms with Crippen molar-refractivity contribution in [3.63, 3.8) is 0 Å². The fourth-order valence-corrected chi connectivity index (χ4v) is 3.02. The molecule has 0 radical (unpaired) electrons. The molecule has 0 aromatic heterocycles. The summed E-state index contributed by atoms with van der Waals surface area (Å²) >= 11 is 0. The minimum absolute atomic E-state index is 0.226. The number of unbranched alkanes of at least 4 members (excludes halogenated alkanes) is 1. The van der Waals surface area contributed by atoms with Crippen LogP contribution in [-0.2, 0) is 9.59 Å². The zero-order chi connectivity index (χ0) is 26.3. The Morgan fingerprint density at radius 1 is 0.865 bits per heavy atom. The summed E-state index contributed by atoms with van der Waals surface area (Å²) in [5.74, 6) is -0.256. The molecule has 0 aliphatic rings. The van der Waals surface area contributed by atoms with Gasteiger partial charge in [0.25, 0.3) is 11.8 Å². The van der Waals surface area contributed by atoms with Crippen molar-refractivity contribution in [2.75, 3.05) is 13.2 Å². The average Bonchev–Trinajstić information content (AvgIpc) is 2.92. The number of esters is 1. The Hall–Kier alpha value is -4.72. The zero-order valence-corrected chi connectivity index (χ0v) is 20.6. The normalized spacial score (nSPS) is 10.8. The first kappa shape index (κ1) is 26.9. The van der Waals surface area contributed by atoms with Gasteiger partial charge in [0.1, 0.15) is 11.5 Å². The van der Waals surface area contributed by atoms with Crippen molar-refractivity contribution in [1.82, 2.24) is 10.7 Å². The van der Waals surface area contributed by atoms with Crippen LogP contribution in [0, 0.1) is 0 Å². The molecule has 0 saturated carbocycles. The fraction of sp³-hybridized carbons (Fsp3) is 0.172. The van der Waals surface area contributed by atoms with Gasteiger partial charge in [-0.3, -0.25) is 9.59 Å². The number of rotatable bonds is 12. The maximum absolute atomic E-state index is 12.2. The lowest BCUT2D eigenvalue weighted by Crippen LogP contribution is -2.34. The summed E-state index contributed by atoms with van der Waals surface area (Å²) in [5.41, 5.74) is 4.37. The topological polar surface area (TPSA) is 106 Å². The molecule has 0 heterocycles. The third-order valence-corrected chi connectivity index (χ3v) is 5.01. The Morgan fingerprint density at radius 2 is 1.57 bits per heavy atom. The molecule has 0 aliphatic carbocycles. The van der Waals surface area contributed by atoms with E-state index in [9.17, 15) is 14.4 Å². The van der Waals surface area contributed by atoms with Crippen LogP contribution in [0.1, 0.15) is 41.3 Å². The summed E-state index contributed by atoms with van der Waals surface area (Å²) in [4.78, 5) is 36.2. The second-order valence-electron chi connectivity index (χ2n) is 7.94. The number of hydrogen-bond acceptors (Lipinski definition) is 6. The van der Waals surface area contributed by atoms with E-state index in [0.717, 1.165) is 18.4 Å². The summed E-state index contributed by atoms with van der Waals surface area (Å²) < 4.78 is 10.8. The van der Waals surface area contributed by atoms with E-state index in [2.05, 4.69) is 22.8 Å². The molecular formula is C29H29N3O5. The molecule has 0 unspecified atom stereocenters. The minimum Gasteiger partial charge on any atom is -0.494 e. The molecule has 0 bridgehead atoms. The standard InChI is InChI=1S/C29H29N3O5/c1-2-3-19-36-25-16-12-24(13-17-25)29(35)30-21-27(33)32-31-20-23-9-14-26(15-10-23)37-28(34)18-11-22-7-5-4-6-8-22/h4-18,20H,2-3,19,21H2,1H3,(H,30,35)(H,32,33)/b18-11+,31-20-. The molecule has 0 fully saturated rings. The van der Waals surface area contributed by atoms with Gasteiger partial charge in [-0.05, 0) is 72.2 Å². The van der Waals surface area contributed by atoms with Crippen molar-refractivity contribution in [3.05, 3.63) is 102 Å². The van der Waals surface area contributed by atoms with E-state index in [1.54, 1.807) is 54.6 Å². The van der Waals surface area contributed by atoms with Crippen LogP contribution in [0.2, 0.25) is 0 Å². The monoisotopic (exact) mass is 499 g/mol. The number of ether oxygens (including phenoxy) is 2. The highest BCUT2D eigenvalue weighted by atomic mass is 16.5. The van der Waals surface area contributed by atoms with E-state index in [0.29, 0.717) is 29.2 Å². The van der Waals surface area contributed by atoms with Gasteiger partial charge in [-0.1, -0.05) is 43.7 Å². The predicted octanol–water partition coefficient (Wildman–Crippen LogP) is 4.36. The molecule has 37 heavy (non-hydrogen) atoms. The van der Waals surface area contributed by atoms with E-state index in [-0.39, 0.29) is 12.5 Å². The molecule has 8 heteroatoms. The highest BCUT2D eigenvalue weighted by molar-refractivity contribution is 5.96. The van der Waals surface area contributed by atoms with Gasteiger partial charge in [-0.2, -0.15) is 5.10 Å². The number of nitrogens with zero attached hydrogens (tertiary/aromatic N) is 1. The van der Waals surface area contributed by atoms with Crippen LogP contribution in [0.25, 0.3) is 6.08 Å². The van der Waals surface area contributed by atoms with Gasteiger partial charge in [0.05, 0.1) is 19.4 Å². The molecule has 2 amide bonds. The molecule has 0 atom stereocenters. The number of carbonyl (C=O) groups is 3. The summed E-state index contributed by atoms with van der Waals surface area (Å²) in [6.07, 6.45) is 6.49. The van der Waals surface area contributed by atoms with Gasteiger partial charge in [-0.25, -0.2) is 10.2 Å². The van der Waals surface area contributed by atoms with Crippen LogP contribution in [0.3, 0.4) is 0 Å². The van der Waals surface area contributed by atoms with E-state index < -0.39 is 11.9 Å². The molecule has 3 rings (SSSR count). The Labute approximate surface area is 216 Å². The van der Waals surface area contributed by atoms with Gasteiger partial charge in [0, 0.05) is 11.6 Å². The van der Waals surface area contributed by atoms with Crippen LogP contribution < -0.4 is 20.2 Å². The number of nitrogens with one attached hydrogen (secondary N) is 2. The number of hydrogen-bond donors (Lipinski definition) is 2. The molecule has 0 saturated heterocycles. The van der Waals surface area contributed by atoms with Gasteiger partial charge in [0.2, 0.25) is 0 Å². The smallest absolute Gasteiger partial charge is 0.336 e. The van der Waals surface area contributed by atoms with Gasteiger partial charge >= 0.3 is 5.97 Å². The van der Waals surface area contributed by atoms with Crippen LogP contribution in [-0.4, -0.2) is 37.1 Å². The lowest BCUT2D eigenvalue weighted by atomic mass is 10.2. The molecule has 8 nitrogen and oxygen atoms in total. The Bertz CT molecular complexity index is 1220. The van der Waals surface area contributed by atoms with E-state index in [4.69, 9.17) is 9.47 Å². The van der Waals surface area contributed by atoms with Crippen molar-refractivity contribution in [2.24, 2.45) is 5.10 Å². The first-order valence-corrected chi connectivity index (χ1v) is 11.9. The predicted molar refractivity (Wildman–Crippen MR) is 142 cm³/mol. The highest BCUT2D eigenvalue weighted by Gasteiger charge is 2.08. The van der Waals surface area contributed by atoms with E-state index >= 15 is 0 Å². The van der Waals surface area contributed by atoms with Crippen LogP contribution in [0.15, 0.2) is 90.0 Å². The van der Waals surface area contributed by atoms with Crippen molar-refractivity contribution >= 4 is 30.1 Å². The summed E-state index contributed by atoms with van der Waals surface area (Å²) in [6.45, 7) is 2.49. The van der Waals surface area contributed by atoms with E-state index in [1.165, 1.54) is 12.3 Å². The van der Waals surface area contributed by atoms with Crippen molar-refractivity contribution < 1.29 is 23.9 Å². The molecule has 3 aromatic rings. The molecule has 0 spiro atoms. The molecular weight excluding hydrogens is 470 g/mol. The van der Waals surface area contributed by atoms with Gasteiger partial charge < -0.3 is 14.8 Å². The molecule has 0 aliphatic heterocycles. The van der Waals surface area contributed by atoms with Crippen molar-refractivity contribution in [2.45, 2.75) is 19.8 Å². The van der Waals surface area contributed by atoms with E-state index in [1.807, 2.05) is 30.3 Å². The Balaban J connectivity index is 1.38. The average molecular weight is 500 g/mol. The fourth-order valence-electron chi connectivity index (χ4n) is 3.02. The highest BCUT2D eigenvalue weighted by Crippen LogP contribution is 2.13. The van der Waals surface area contributed by atoms with Crippen LogP contribution in [0.4, 0.5) is 0 Å². The largest absolute Gasteiger partial charge is 0.494 e. The third-order valence-electron chi connectivity index (χ3n) is 5.01. The van der Waals surface area contributed by atoms with Crippen LogP contribution >= 0.6 is 0 Å². The number of carbonyl (C=O) groups excluding carboxylic acids is 3. The van der Waals surface area contributed by atoms with Crippen molar-refractivity contribution in [3.8, 4) is 11.5 Å². The molecule has 2 N–H and O–H groups in total. The minimum atomic E-state index is -0.490. The summed E-state index contributed by atoms with van der Waals surface area (Å²) in [5, 5.41) is 6.43.